The van der Waals surface area contributed by atoms with E-state index in [-0.39, 0.29) is 0 Å². The smallest absolute Gasteiger partial charge is 0.137 e. The molecule has 0 saturated heterocycles. The number of anilines is 3. The maximum Gasteiger partial charge on any atom is 0.137 e. The van der Waals surface area contributed by atoms with Gasteiger partial charge in [-0.05, 0) is 87.6 Å². The van der Waals surface area contributed by atoms with E-state index < -0.39 is 0 Å². The monoisotopic (exact) mass is 643 g/mol. The number of para-hydroxylation sites is 1. The summed E-state index contributed by atoms with van der Waals surface area (Å²) in [7, 11) is 0. The summed E-state index contributed by atoms with van der Waals surface area (Å²) in [5.74, 6) is 0. The second kappa shape index (κ2) is 11.2. The Kier molecular flexibility index (Phi) is 6.39. The Morgan fingerprint density at radius 3 is 1.90 bits per heavy atom. The third-order valence-corrected chi connectivity index (χ3v) is 10.8. The van der Waals surface area contributed by atoms with Crippen LogP contribution >= 0.6 is 11.3 Å². The highest BCUT2D eigenvalue weighted by atomic mass is 32.1. The van der Waals surface area contributed by atoms with E-state index in [0.717, 1.165) is 39.0 Å². The lowest BCUT2D eigenvalue weighted by atomic mass is 9.93. The average molecular weight is 644 g/mol. The fourth-order valence-corrected chi connectivity index (χ4v) is 8.54. The molecule has 10 aromatic rings. The maximum atomic E-state index is 6.42. The molecule has 0 fully saturated rings. The summed E-state index contributed by atoms with van der Waals surface area (Å²) in [4.78, 5) is 2.42. The number of furan rings is 1. The molecule has 230 valence electrons. The van der Waals surface area contributed by atoms with Crippen molar-refractivity contribution in [3.63, 3.8) is 0 Å². The molecule has 0 atom stereocenters. The zero-order valence-corrected chi connectivity index (χ0v) is 27.3. The Hall–Kier alpha value is -6.16. The summed E-state index contributed by atoms with van der Waals surface area (Å²) in [6, 6.07) is 63.2. The number of fused-ring (bicyclic) bond motifs is 8. The Balaban J connectivity index is 1.28. The lowest BCUT2D eigenvalue weighted by Gasteiger charge is -2.27. The molecular formula is C46H29NOS. The Bertz CT molecular complexity index is 2830. The van der Waals surface area contributed by atoms with E-state index in [1.807, 2.05) is 17.4 Å². The van der Waals surface area contributed by atoms with Gasteiger partial charge in [0.2, 0.25) is 0 Å². The molecule has 0 amide bonds. The molecule has 0 aliphatic rings. The van der Waals surface area contributed by atoms with Gasteiger partial charge in [-0.15, -0.1) is 11.3 Å². The highest BCUT2D eigenvalue weighted by Crippen LogP contribution is 2.47. The van der Waals surface area contributed by atoms with Gasteiger partial charge >= 0.3 is 0 Å². The number of thiophene rings is 1. The molecule has 0 radical (unpaired) electrons. The first-order valence-electron chi connectivity index (χ1n) is 16.6. The Morgan fingerprint density at radius 1 is 0.408 bits per heavy atom. The van der Waals surface area contributed by atoms with Crippen molar-refractivity contribution < 1.29 is 4.42 Å². The van der Waals surface area contributed by atoms with Crippen LogP contribution in [0, 0.1) is 0 Å². The van der Waals surface area contributed by atoms with Crippen molar-refractivity contribution in [2.45, 2.75) is 0 Å². The van der Waals surface area contributed by atoms with Crippen LogP contribution in [-0.2, 0) is 0 Å². The topological polar surface area (TPSA) is 16.4 Å². The van der Waals surface area contributed by atoms with Crippen LogP contribution in [0.3, 0.4) is 0 Å². The quantitative estimate of drug-likeness (QED) is 0.186. The normalized spacial score (nSPS) is 11.7. The molecule has 0 saturated carbocycles. The predicted molar refractivity (Wildman–Crippen MR) is 210 cm³/mol. The SMILES string of the molecule is c1ccc(-c2ccc(N(c3ccc4sc5ccc6ccccc6c5c4c3)c3cccc4oc5ccccc5c34)cc2-c2ccccc2)cc1. The first-order chi connectivity index (χ1) is 24.3. The molecule has 0 unspecified atom stereocenters. The molecule has 2 nitrogen and oxygen atoms in total. The van der Waals surface area contributed by atoms with Gasteiger partial charge in [0.15, 0.2) is 0 Å². The molecule has 2 heterocycles. The Labute approximate surface area is 287 Å². The summed E-state index contributed by atoms with van der Waals surface area (Å²) in [6.45, 7) is 0. The summed E-state index contributed by atoms with van der Waals surface area (Å²) < 4.78 is 9.01. The van der Waals surface area contributed by atoms with Crippen LogP contribution in [0.5, 0.6) is 0 Å². The molecule has 0 aliphatic carbocycles. The van der Waals surface area contributed by atoms with Crippen LogP contribution < -0.4 is 4.90 Å². The molecule has 10 rings (SSSR count). The fraction of sp³-hybridized carbons (Fsp3) is 0. The molecular weight excluding hydrogens is 615 g/mol. The molecule has 0 bridgehead atoms. The van der Waals surface area contributed by atoms with E-state index in [4.69, 9.17) is 4.42 Å². The second-order valence-electron chi connectivity index (χ2n) is 12.5. The standard InChI is InChI=1S/C46H29NOS/c1-3-12-30(13-4-1)35-25-23-33(28-38(35)31-14-5-2-6-15-31)47(40-19-11-21-42-46(40)37-18-9-10-20-41(37)48-42)34-24-27-43-39(29-34)45-36-17-8-7-16-32(36)22-26-44(45)49-43/h1-29H. The fourth-order valence-electron chi connectivity index (χ4n) is 7.44. The van der Waals surface area contributed by atoms with Crippen molar-refractivity contribution in [3.05, 3.63) is 176 Å². The van der Waals surface area contributed by atoms with Crippen LogP contribution in [0.1, 0.15) is 0 Å². The van der Waals surface area contributed by atoms with Crippen molar-refractivity contribution in [3.8, 4) is 22.3 Å². The number of benzene rings is 8. The zero-order valence-electron chi connectivity index (χ0n) is 26.5. The van der Waals surface area contributed by atoms with Gasteiger partial charge in [0, 0.05) is 36.9 Å². The van der Waals surface area contributed by atoms with Crippen molar-refractivity contribution in [1.29, 1.82) is 0 Å². The van der Waals surface area contributed by atoms with Gasteiger partial charge in [-0.25, -0.2) is 0 Å². The van der Waals surface area contributed by atoms with Gasteiger partial charge in [-0.2, -0.15) is 0 Å². The van der Waals surface area contributed by atoms with Gasteiger partial charge in [-0.1, -0.05) is 121 Å². The highest BCUT2D eigenvalue weighted by Gasteiger charge is 2.22. The van der Waals surface area contributed by atoms with Crippen molar-refractivity contribution >= 4 is 81.3 Å². The molecule has 2 aromatic heterocycles. The number of nitrogens with zero attached hydrogens (tertiary/aromatic N) is 1. The summed E-state index contributed by atoms with van der Waals surface area (Å²) in [5.41, 5.74) is 9.80. The lowest BCUT2D eigenvalue weighted by molar-refractivity contribution is 0.669. The largest absolute Gasteiger partial charge is 0.456 e. The zero-order chi connectivity index (χ0) is 32.3. The highest BCUT2D eigenvalue weighted by molar-refractivity contribution is 7.26. The number of hydrogen-bond acceptors (Lipinski definition) is 3. The first kappa shape index (κ1) is 27.9. The van der Waals surface area contributed by atoms with E-state index in [1.54, 1.807) is 0 Å². The van der Waals surface area contributed by atoms with E-state index in [2.05, 4.69) is 175 Å². The summed E-state index contributed by atoms with van der Waals surface area (Å²) in [6.07, 6.45) is 0. The van der Waals surface area contributed by atoms with Crippen molar-refractivity contribution in [2.24, 2.45) is 0 Å². The van der Waals surface area contributed by atoms with Gasteiger partial charge in [-0.3, -0.25) is 0 Å². The Morgan fingerprint density at radius 2 is 1.06 bits per heavy atom. The van der Waals surface area contributed by atoms with Crippen LogP contribution in [0.25, 0.3) is 75.1 Å². The number of hydrogen-bond donors (Lipinski definition) is 0. The van der Waals surface area contributed by atoms with Crippen LogP contribution in [0.15, 0.2) is 180 Å². The van der Waals surface area contributed by atoms with Gasteiger partial charge in [0.05, 0.1) is 11.1 Å². The summed E-state index contributed by atoms with van der Waals surface area (Å²) in [5, 5.41) is 7.35. The molecule has 0 N–H and O–H groups in total. The van der Waals surface area contributed by atoms with Crippen LogP contribution in [0.4, 0.5) is 17.1 Å². The minimum atomic E-state index is 0.876. The van der Waals surface area contributed by atoms with E-state index in [0.29, 0.717) is 0 Å². The second-order valence-corrected chi connectivity index (χ2v) is 13.6. The van der Waals surface area contributed by atoms with Gasteiger partial charge in [0.25, 0.3) is 0 Å². The molecule has 8 aromatic carbocycles. The molecule has 0 spiro atoms. The van der Waals surface area contributed by atoms with Crippen LogP contribution in [-0.4, -0.2) is 0 Å². The first-order valence-corrected chi connectivity index (χ1v) is 17.4. The maximum absolute atomic E-state index is 6.42. The minimum Gasteiger partial charge on any atom is -0.456 e. The van der Waals surface area contributed by atoms with Crippen molar-refractivity contribution in [2.75, 3.05) is 4.90 Å². The number of rotatable bonds is 5. The predicted octanol–water partition coefficient (Wildman–Crippen LogP) is 13.9. The van der Waals surface area contributed by atoms with E-state index in [1.165, 1.54) is 53.2 Å². The van der Waals surface area contributed by atoms with Gasteiger partial charge in [0.1, 0.15) is 11.2 Å². The minimum absolute atomic E-state index is 0.876. The third-order valence-electron chi connectivity index (χ3n) is 9.65. The molecule has 3 heteroatoms. The molecule has 0 aliphatic heterocycles. The average Bonchev–Trinajstić information content (AvgIpc) is 3.74. The molecule has 49 heavy (non-hydrogen) atoms. The van der Waals surface area contributed by atoms with E-state index >= 15 is 0 Å². The third kappa shape index (κ3) is 4.55. The summed E-state index contributed by atoms with van der Waals surface area (Å²) >= 11 is 1.86. The van der Waals surface area contributed by atoms with Crippen molar-refractivity contribution in [1.82, 2.24) is 0 Å². The van der Waals surface area contributed by atoms with E-state index in [9.17, 15) is 0 Å². The van der Waals surface area contributed by atoms with Crippen LogP contribution in [0.2, 0.25) is 0 Å². The van der Waals surface area contributed by atoms with Gasteiger partial charge < -0.3 is 9.32 Å². The lowest BCUT2D eigenvalue weighted by Crippen LogP contribution is -2.10.